The molecule has 3 aromatic rings. The van der Waals surface area contributed by atoms with Crippen LogP contribution in [0.1, 0.15) is 5.56 Å². The van der Waals surface area contributed by atoms with Crippen LogP contribution in [0.25, 0.3) is 21.7 Å². The SMILES string of the molecule is C=CCc1ccc2c(=O)oc3ccccc3c2c1. The Hall–Kier alpha value is -2.35. The molecule has 0 unspecified atom stereocenters. The fourth-order valence-electron chi connectivity index (χ4n) is 2.22. The van der Waals surface area contributed by atoms with Gasteiger partial charge in [-0.1, -0.05) is 30.3 Å². The molecule has 3 rings (SSSR count). The van der Waals surface area contributed by atoms with Crippen molar-refractivity contribution in [1.82, 2.24) is 0 Å². The van der Waals surface area contributed by atoms with Gasteiger partial charge in [0.2, 0.25) is 0 Å². The molecule has 0 N–H and O–H groups in total. The highest BCUT2D eigenvalue weighted by Gasteiger charge is 2.06. The topological polar surface area (TPSA) is 30.2 Å². The van der Waals surface area contributed by atoms with Crippen LogP contribution in [0, 0.1) is 0 Å². The average molecular weight is 236 g/mol. The predicted molar refractivity (Wildman–Crippen MR) is 73.9 cm³/mol. The summed E-state index contributed by atoms with van der Waals surface area (Å²) < 4.78 is 5.30. The summed E-state index contributed by atoms with van der Waals surface area (Å²) in [5.74, 6) is 0. The number of para-hydroxylation sites is 1. The van der Waals surface area contributed by atoms with Crippen molar-refractivity contribution < 1.29 is 4.42 Å². The molecule has 0 amide bonds. The zero-order valence-corrected chi connectivity index (χ0v) is 9.85. The third-order valence-corrected chi connectivity index (χ3v) is 3.06. The molecule has 2 heteroatoms. The van der Waals surface area contributed by atoms with Gasteiger partial charge in [0.05, 0.1) is 5.39 Å². The van der Waals surface area contributed by atoms with Gasteiger partial charge in [-0.3, -0.25) is 0 Å². The van der Waals surface area contributed by atoms with Gasteiger partial charge in [0.1, 0.15) is 5.58 Å². The molecule has 2 aromatic carbocycles. The smallest absolute Gasteiger partial charge is 0.344 e. The summed E-state index contributed by atoms with van der Waals surface area (Å²) in [6.07, 6.45) is 2.65. The molecule has 0 aliphatic heterocycles. The lowest BCUT2D eigenvalue weighted by Gasteiger charge is -2.04. The van der Waals surface area contributed by atoms with Gasteiger partial charge in [-0.15, -0.1) is 6.58 Å². The van der Waals surface area contributed by atoms with Crippen molar-refractivity contribution in [3.63, 3.8) is 0 Å². The van der Waals surface area contributed by atoms with E-state index in [4.69, 9.17) is 4.42 Å². The van der Waals surface area contributed by atoms with Gasteiger partial charge in [0.15, 0.2) is 0 Å². The van der Waals surface area contributed by atoms with Gasteiger partial charge in [-0.2, -0.15) is 0 Å². The first-order valence-electron chi connectivity index (χ1n) is 5.85. The summed E-state index contributed by atoms with van der Waals surface area (Å²) >= 11 is 0. The lowest BCUT2D eigenvalue weighted by atomic mass is 10.0. The number of rotatable bonds is 2. The third kappa shape index (κ3) is 1.63. The fraction of sp³-hybridized carbons (Fsp3) is 0.0625. The molecule has 18 heavy (non-hydrogen) atoms. The van der Waals surface area contributed by atoms with Crippen molar-refractivity contribution in [2.45, 2.75) is 6.42 Å². The zero-order chi connectivity index (χ0) is 12.5. The van der Waals surface area contributed by atoms with E-state index in [-0.39, 0.29) is 5.63 Å². The molecular formula is C16H12O2. The van der Waals surface area contributed by atoms with Crippen LogP contribution in [0.2, 0.25) is 0 Å². The first kappa shape index (κ1) is 10.8. The van der Waals surface area contributed by atoms with Crippen LogP contribution in [-0.4, -0.2) is 0 Å². The number of allylic oxidation sites excluding steroid dienone is 1. The first-order valence-corrected chi connectivity index (χ1v) is 5.85. The Bertz CT molecular complexity index is 797. The maximum absolute atomic E-state index is 11.9. The highest BCUT2D eigenvalue weighted by Crippen LogP contribution is 2.23. The average Bonchev–Trinajstić information content (AvgIpc) is 2.39. The highest BCUT2D eigenvalue weighted by molar-refractivity contribution is 6.04. The molecule has 0 aliphatic rings. The molecule has 0 atom stereocenters. The molecule has 88 valence electrons. The van der Waals surface area contributed by atoms with Crippen molar-refractivity contribution in [1.29, 1.82) is 0 Å². The number of hydrogen-bond acceptors (Lipinski definition) is 2. The van der Waals surface area contributed by atoms with Crippen molar-refractivity contribution in [2.75, 3.05) is 0 Å². The number of fused-ring (bicyclic) bond motifs is 3. The van der Waals surface area contributed by atoms with Crippen LogP contribution < -0.4 is 5.63 Å². The number of benzene rings is 2. The Morgan fingerprint density at radius 2 is 1.89 bits per heavy atom. The van der Waals surface area contributed by atoms with Gasteiger partial charge in [-0.25, -0.2) is 4.79 Å². The maximum atomic E-state index is 11.9. The summed E-state index contributed by atoms with van der Waals surface area (Å²) in [5, 5.41) is 2.54. The zero-order valence-electron chi connectivity index (χ0n) is 9.85. The molecule has 0 spiro atoms. The van der Waals surface area contributed by atoms with E-state index in [1.165, 1.54) is 0 Å². The standard InChI is InChI=1S/C16H12O2/c1-2-5-11-8-9-13-14(10-11)12-6-3-4-7-15(12)18-16(13)17/h2-4,6-10H,1,5H2. The molecule has 0 saturated heterocycles. The second-order valence-corrected chi connectivity index (χ2v) is 4.26. The van der Waals surface area contributed by atoms with E-state index in [0.29, 0.717) is 11.0 Å². The Kier molecular flexibility index (Phi) is 2.49. The van der Waals surface area contributed by atoms with Gasteiger partial charge < -0.3 is 4.42 Å². The summed E-state index contributed by atoms with van der Waals surface area (Å²) in [7, 11) is 0. The van der Waals surface area contributed by atoms with E-state index in [1.807, 2.05) is 48.5 Å². The highest BCUT2D eigenvalue weighted by atomic mass is 16.4. The Labute approximate surface area is 104 Å². The van der Waals surface area contributed by atoms with Gasteiger partial charge in [0.25, 0.3) is 0 Å². The van der Waals surface area contributed by atoms with E-state index in [9.17, 15) is 4.79 Å². The summed E-state index contributed by atoms with van der Waals surface area (Å²) in [6, 6.07) is 13.4. The molecule has 1 aromatic heterocycles. The quantitative estimate of drug-likeness (QED) is 0.386. The van der Waals surface area contributed by atoms with Gasteiger partial charge in [0, 0.05) is 10.8 Å². The molecule has 2 nitrogen and oxygen atoms in total. The molecule has 0 saturated carbocycles. The molecule has 0 aliphatic carbocycles. The monoisotopic (exact) mass is 236 g/mol. The molecule has 0 bridgehead atoms. The Balaban J connectivity index is 2.47. The first-order chi connectivity index (χ1) is 8.79. The van der Waals surface area contributed by atoms with Gasteiger partial charge >= 0.3 is 5.63 Å². The van der Waals surface area contributed by atoms with Crippen LogP contribution in [0.4, 0.5) is 0 Å². The van der Waals surface area contributed by atoms with E-state index in [0.717, 1.165) is 22.8 Å². The van der Waals surface area contributed by atoms with Crippen LogP contribution in [0.5, 0.6) is 0 Å². The molecular weight excluding hydrogens is 224 g/mol. The Morgan fingerprint density at radius 3 is 2.72 bits per heavy atom. The fourth-order valence-corrected chi connectivity index (χ4v) is 2.22. The van der Waals surface area contributed by atoms with Crippen LogP contribution >= 0.6 is 0 Å². The van der Waals surface area contributed by atoms with Crippen molar-refractivity contribution in [3.8, 4) is 0 Å². The number of hydrogen-bond donors (Lipinski definition) is 0. The van der Waals surface area contributed by atoms with Crippen LogP contribution in [0.15, 0.2) is 64.3 Å². The van der Waals surface area contributed by atoms with E-state index in [1.54, 1.807) is 0 Å². The van der Waals surface area contributed by atoms with E-state index >= 15 is 0 Å². The minimum Gasteiger partial charge on any atom is -0.422 e. The van der Waals surface area contributed by atoms with Crippen LogP contribution in [-0.2, 0) is 6.42 Å². The molecule has 0 fully saturated rings. The summed E-state index contributed by atoms with van der Waals surface area (Å²) in [6.45, 7) is 3.74. The predicted octanol–water partition coefficient (Wildman–Crippen LogP) is 3.67. The largest absolute Gasteiger partial charge is 0.422 e. The minimum absolute atomic E-state index is 0.283. The third-order valence-electron chi connectivity index (χ3n) is 3.06. The van der Waals surface area contributed by atoms with Gasteiger partial charge in [-0.05, 0) is 30.2 Å². The minimum atomic E-state index is -0.283. The molecule has 1 heterocycles. The summed E-state index contributed by atoms with van der Waals surface area (Å²) in [4.78, 5) is 11.9. The summed E-state index contributed by atoms with van der Waals surface area (Å²) in [5.41, 5.74) is 1.49. The van der Waals surface area contributed by atoms with Crippen molar-refractivity contribution in [2.24, 2.45) is 0 Å². The second-order valence-electron chi connectivity index (χ2n) is 4.26. The maximum Gasteiger partial charge on any atom is 0.344 e. The van der Waals surface area contributed by atoms with E-state index in [2.05, 4.69) is 6.58 Å². The van der Waals surface area contributed by atoms with Crippen molar-refractivity contribution >= 4 is 21.7 Å². The lowest BCUT2D eigenvalue weighted by molar-refractivity contribution is 0.569. The molecule has 0 radical (unpaired) electrons. The normalized spacial score (nSPS) is 10.9. The second kappa shape index (κ2) is 4.15. The Morgan fingerprint density at radius 1 is 1.06 bits per heavy atom. The lowest BCUT2D eigenvalue weighted by Crippen LogP contribution is -2.00. The van der Waals surface area contributed by atoms with E-state index < -0.39 is 0 Å². The van der Waals surface area contributed by atoms with Crippen molar-refractivity contribution in [3.05, 3.63) is 71.1 Å². The van der Waals surface area contributed by atoms with Crippen LogP contribution in [0.3, 0.4) is 0 Å².